The second kappa shape index (κ2) is 10.8. The fraction of sp³-hybridized carbons (Fsp3) is 0.250. The molecule has 1 fully saturated rings. The lowest BCUT2D eigenvalue weighted by atomic mass is 10.0. The number of fused-ring (bicyclic) bond motifs is 1. The third kappa shape index (κ3) is 5.45. The minimum absolute atomic E-state index is 0.0333. The highest BCUT2D eigenvalue weighted by Crippen LogP contribution is 2.40. The van der Waals surface area contributed by atoms with Crippen LogP contribution in [0.5, 0.6) is 0 Å². The first-order valence-electron chi connectivity index (χ1n) is 12.5. The molecule has 0 saturated carbocycles. The maximum atomic E-state index is 16.0. The van der Waals surface area contributed by atoms with Crippen molar-refractivity contribution in [2.24, 2.45) is 0 Å². The minimum Gasteiger partial charge on any atom is -0.376 e. The molecule has 202 valence electrons. The number of aliphatic hydroxyl groups is 1. The molecule has 0 unspecified atom stereocenters. The number of nitrogens with one attached hydrogen (secondary N) is 2. The lowest BCUT2D eigenvalue weighted by Crippen LogP contribution is -2.44. The van der Waals surface area contributed by atoms with E-state index in [1.54, 1.807) is 0 Å². The maximum absolute atomic E-state index is 16.0. The second-order valence-electron chi connectivity index (χ2n) is 9.37. The summed E-state index contributed by atoms with van der Waals surface area (Å²) in [6, 6.07) is 14.5. The van der Waals surface area contributed by atoms with E-state index in [0.29, 0.717) is 5.69 Å². The molecular formula is C28H29F2N7O2. The number of halogens is 2. The van der Waals surface area contributed by atoms with Crippen LogP contribution in [0.2, 0.25) is 0 Å². The van der Waals surface area contributed by atoms with Crippen LogP contribution in [0.4, 0.5) is 31.8 Å². The SMILES string of the molecule is C=CC(=O)Nc1cccc(C(F)(F)c2nc(Nc3ccc(N4CCN(C)CC4)cc3)nc3c2ccn3CO)c1. The zero-order valence-electron chi connectivity index (χ0n) is 21.4. The molecule has 9 nitrogen and oxygen atoms in total. The standard InChI is InChI=1S/C28H29F2N7O2/c1-3-24(39)31-21-6-4-5-19(17-21)28(29,30)25-23-11-12-37(18-38)26(23)34-27(33-25)32-20-7-9-22(10-8-20)36-15-13-35(2)14-16-36/h3-12,17,38H,1,13-16,18H2,2H3,(H,31,39)(H,32,33,34). The Morgan fingerprint density at radius 1 is 1.08 bits per heavy atom. The second-order valence-corrected chi connectivity index (χ2v) is 9.37. The van der Waals surface area contributed by atoms with Crippen LogP contribution in [-0.2, 0) is 17.4 Å². The molecule has 1 saturated heterocycles. The number of benzene rings is 2. The van der Waals surface area contributed by atoms with Crippen molar-refractivity contribution in [1.82, 2.24) is 19.4 Å². The first-order valence-corrected chi connectivity index (χ1v) is 12.5. The summed E-state index contributed by atoms with van der Waals surface area (Å²) in [7, 11) is 2.10. The van der Waals surface area contributed by atoms with E-state index < -0.39 is 24.3 Å². The molecule has 4 aromatic rings. The number of carbonyl (C=O) groups is 1. The first-order chi connectivity index (χ1) is 18.8. The Labute approximate surface area is 224 Å². The summed E-state index contributed by atoms with van der Waals surface area (Å²) in [5, 5.41) is 15.4. The Bertz CT molecular complexity index is 1500. The van der Waals surface area contributed by atoms with E-state index >= 15 is 8.78 Å². The quantitative estimate of drug-likeness (QED) is 0.293. The minimum atomic E-state index is -3.54. The summed E-state index contributed by atoms with van der Waals surface area (Å²) in [4.78, 5) is 24.9. The van der Waals surface area contributed by atoms with Gasteiger partial charge in [-0.2, -0.15) is 13.8 Å². The van der Waals surface area contributed by atoms with Crippen LogP contribution in [0, 0.1) is 0 Å². The highest BCUT2D eigenvalue weighted by molar-refractivity contribution is 5.98. The predicted molar refractivity (Wildman–Crippen MR) is 147 cm³/mol. The van der Waals surface area contributed by atoms with Crippen molar-refractivity contribution in [3.8, 4) is 0 Å². The molecule has 5 rings (SSSR count). The van der Waals surface area contributed by atoms with Crippen molar-refractivity contribution < 1.29 is 18.7 Å². The molecule has 0 spiro atoms. The Kier molecular flexibility index (Phi) is 7.27. The van der Waals surface area contributed by atoms with Gasteiger partial charge < -0.3 is 30.1 Å². The molecule has 11 heteroatoms. The lowest BCUT2D eigenvalue weighted by molar-refractivity contribution is -0.111. The largest absolute Gasteiger partial charge is 0.376 e. The van der Waals surface area contributed by atoms with Gasteiger partial charge in [-0.15, -0.1) is 0 Å². The van der Waals surface area contributed by atoms with Crippen molar-refractivity contribution >= 4 is 40.0 Å². The fourth-order valence-corrected chi connectivity index (χ4v) is 4.55. The third-order valence-electron chi connectivity index (χ3n) is 6.74. The number of aliphatic hydroxyl groups excluding tert-OH is 1. The third-order valence-corrected chi connectivity index (χ3v) is 6.74. The number of carbonyl (C=O) groups excluding carboxylic acids is 1. The average Bonchev–Trinajstić information content (AvgIpc) is 3.36. The van der Waals surface area contributed by atoms with Crippen molar-refractivity contribution in [2.75, 3.05) is 48.8 Å². The van der Waals surface area contributed by atoms with E-state index in [-0.39, 0.29) is 28.2 Å². The van der Waals surface area contributed by atoms with Gasteiger partial charge in [0.25, 0.3) is 0 Å². The number of nitrogens with zero attached hydrogens (tertiary/aromatic N) is 5. The van der Waals surface area contributed by atoms with Crippen LogP contribution in [-0.4, -0.2) is 63.7 Å². The van der Waals surface area contributed by atoms with Crippen molar-refractivity contribution in [2.45, 2.75) is 12.7 Å². The molecule has 1 amide bonds. The van der Waals surface area contributed by atoms with Crippen LogP contribution >= 0.6 is 0 Å². The van der Waals surface area contributed by atoms with Crippen LogP contribution < -0.4 is 15.5 Å². The summed E-state index contributed by atoms with van der Waals surface area (Å²) >= 11 is 0. The smallest absolute Gasteiger partial charge is 0.315 e. The number of hydrogen-bond donors (Lipinski definition) is 3. The van der Waals surface area contributed by atoms with E-state index in [2.05, 4.69) is 44.0 Å². The molecule has 2 aromatic carbocycles. The van der Waals surface area contributed by atoms with Crippen LogP contribution in [0.1, 0.15) is 11.3 Å². The van der Waals surface area contributed by atoms with Gasteiger partial charge in [0, 0.05) is 60.4 Å². The number of aromatic nitrogens is 3. The van der Waals surface area contributed by atoms with Crippen molar-refractivity contribution in [1.29, 1.82) is 0 Å². The zero-order chi connectivity index (χ0) is 27.6. The van der Waals surface area contributed by atoms with E-state index in [1.807, 2.05) is 24.3 Å². The van der Waals surface area contributed by atoms with Gasteiger partial charge in [-0.05, 0) is 55.6 Å². The highest BCUT2D eigenvalue weighted by Gasteiger charge is 2.39. The molecule has 2 aromatic heterocycles. The molecule has 3 heterocycles. The number of hydrogen-bond acceptors (Lipinski definition) is 7. The molecule has 1 aliphatic heterocycles. The lowest BCUT2D eigenvalue weighted by Gasteiger charge is -2.34. The van der Waals surface area contributed by atoms with Gasteiger partial charge in [0.2, 0.25) is 11.9 Å². The summed E-state index contributed by atoms with van der Waals surface area (Å²) in [5.74, 6) is -4.08. The number of amides is 1. The molecule has 0 bridgehead atoms. The number of likely N-dealkylation sites (N-methyl/N-ethyl adjacent to an activating group) is 1. The molecule has 39 heavy (non-hydrogen) atoms. The van der Waals surface area contributed by atoms with Gasteiger partial charge in [0.15, 0.2) is 0 Å². The molecular weight excluding hydrogens is 504 g/mol. The molecule has 0 aliphatic carbocycles. The van der Waals surface area contributed by atoms with Gasteiger partial charge in [-0.25, -0.2) is 4.98 Å². The van der Waals surface area contributed by atoms with Gasteiger partial charge >= 0.3 is 5.92 Å². The van der Waals surface area contributed by atoms with Gasteiger partial charge in [0.1, 0.15) is 18.1 Å². The Balaban J connectivity index is 1.48. The summed E-state index contributed by atoms with van der Waals surface area (Å²) in [5.41, 5.74) is 1.20. The fourth-order valence-electron chi connectivity index (χ4n) is 4.55. The van der Waals surface area contributed by atoms with E-state index in [1.165, 1.54) is 41.1 Å². The monoisotopic (exact) mass is 533 g/mol. The first kappa shape index (κ1) is 26.3. The van der Waals surface area contributed by atoms with Crippen LogP contribution in [0.3, 0.4) is 0 Å². The summed E-state index contributed by atoms with van der Waals surface area (Å²) in [6.07, 6.45) is 2.54. The maximum Gasteiger partial charge on any atom is 0.315 e. The van der Waals surface area contributed by atoms with Crippen molar-refractivity contribution in [3.05, 3.63) is 84.7 Å². The van der Waals surface area contributed by atoms with Gasteiger partial charge in [-0.3, -0.25) is 4.79 Å². The Morgan fingerprint density at radius 2 is 1.82 bits per heavy atom. The van der Waals surface area contributed by atoms with Gasteiger partial charge in [0.05, 0.1) is 0 Å². The molecule has 0 atom stereocenters. The zero-order valence-corrected chi connectivity index (χ0v) is 21.4. The van der Waals surface area contributed by atoms with Crippen molar-refractivity contribution in [3.63, 3.8) is 0 Å². The molecule has 3 N–H and O–H groups in total. The van der Waals surface area contributed by atoms with E-state index in [9.17, 15) is 9.90 Å². The predicted octanol–water partition coefficient (Wildman–Crippen LogP) is 4.14. The normalized spacial score (nSPS) is 14.4. The Morgan fingerprint density at radius 3 is 2.51 bits per heavy atom. The van der Waals surface area contributed by atoms with E-state index in [4.69, 9.17) is 0 Å². The van der Waals surface area contributed by atoms with Crippen LogP contribution in [0.15, 0.2) is 73.4 Å². The summed E-state index contributed by atoms with van der Waals surface area (Å²) in [6.45, 7) is 6.78. The van der Waals surface area contributed by atoms with Gasteiger partial charge in [-0.1, -0.05) is 18.7 Å². The number of piperazine rings is 1. The number of rotatable bonds is 8. The molecule has 0 radical (unpaired) electrons. The topological polar surface area (TPSA) is 98.6 Å². The summed E-state index contributed by atoms with van der Waals surface area (Å²) < 4.78 is 33.4. The average molecular weight is 534 g/mol. The highest BCUT2D eigenvalue weighted by atomic mass is 19.3. The van der Waals surface area contributed by atoms with Crippen LogP contribution in [0.25, 0.3) is 11.0 Å². The Hall–Kier alpha value is -4.35. The molecule has 1 aliphatic rings. The number of anilines is 4. The number of alkyl halides is 2. The van der Waals surface area contributed by atoms with E-state index in [0.717, 1.165) is 37.9 Å².